The van der Waals surface area contributed by atoms with E-state index in [2.05, 4.69) is 10.0 Å². The Morgan fingerprint density at radius 2 is 1.68 bits per heavy atom. The van der Waals surface area contributed by atoms with Crippen molar-refractivity contribution < 1.29 is 26.0 Å². The van der Waals surface area contributed by atoms with Gasteiger partial charge in [-0.05, 0) is 55.0 Å². The predicted molar refractivity (Wildman–Crippen MR) is 105 cm³/mol. The number of sulfone groups is 1. The summed E-state index contributed by atoms with van der Waals surface area (Å²) in [6.07, 6.45) is 0. The molecule has 2 rings (SSSR count). The van der Waals surface area contributed by atoms with Crippen LogP contribution in [0.4, 0.5) is 10.1 Å². The highest BCUT2D eigenvalue weighted by Crippen LogP contribution is 2.19. The normalized spacial score (nSPS) is 11.8. The molecule has 7 nitrogen and oxygen atoms in total. The first kappa shape index (κ1) is 21.8. The molecule has 152 valence electrons. The van der Waals surface area contributed by atoms with Crippen LogP contribution in [0.2, 0.25) is 0 Å². The number of nitrogens with one attached hydrogen (secondary N) is 2. The van der Waals surface area contributed by atoms with Crippen molar-refractivity contribution >= 4 is 31.5 Å². The number of carbonyl (C=O) groups excluding carboxylic acids is 1. The summed E-state index contributed by atoms with van der Waals surface area (Å²) in [7, 11) is -7.07. The lowest BCUT2D eigenvalue weighted by Gasteiger charge is -2.10. The van der Waals surface area contributed by atoms with Crippen LogP contribution in [0.3, 0.4) is 0 Å². The van der Waals surface area contributed by atoms with Gasteiger partial charge in [-0.15, -0.1) is 0 Å². The van der Waals surface area contributed by atoms with Crippen molar-refractivity contribution in [3.05, 3.63) is 59.4 Å². The van der Waals surface area contributed by atoms with Gasteiger partial charge in [0.05, 0.1) is 10.6 Å². The third-order valence-electron chi connectivity index (χ3n) is 3.98. The zero-order valence-corrected chi connectivity index (χ0v) is 17.0. The summed E-state index contributed by atoms with van der Waals surface area (Å²) in [5.41, 5.74) is 0.696. The van der Waals surface area contributed by atoms with Crippen molar-refractivity contribution in [2.45, 2.75) is 18.7 Å². The van der Waals surface area contributed by atoms with Gasteiger partial charge in [0.2, 0.25) is 0 Å². The first-order valence-corrected chi connectivity index (χ1v) is 11.7. The average molecular weight is 429 g/mol. The average Bonchev–Trinajstić information content (AvgIpc) is 2.64. The van der Waals surface area contributed by atoms with Gasteiger partial charge in [-0.3, -0.25) is 9.52 Å². The van der Waals surface area contributed by atoms with Crippen molar-refractivity contribution in [3.8, 4) is 0 Å². The molecular formula is C18H21FN2O5S2. The molecule has 1 amide bonds. The number of rotatable bonds is 8. The number of hydrogen-bond acceptors (Lipinski definition) is 5. The third kappa shape index (κ3) is 5.77. The van der Waals surface area contributed by atoms with Crippen LogP contribution in [0, 0.1) is 12.7 Å². The Labute approximate surface area is 163 Å². The van der Waals surface area contributed by atoms with E-state index in [-0.39, 0.29) is 39.8 Å². The van der Waals surface area contributed by atoms with E-state index in [1.54, 1.807) is 0 Å². The molecule has 0 aliphatic heterocycles. The van der Waals surface area contributed by atoms with Crippen molar-refractivity contribution in [1.82, 2.24) is 5.32 Å². The molecule has 0 spiro atoms. The second kappa shape index (κ2) is 8.70. The number of hydrogen-bond donors (Lipinski definition) is 2. The monoisotopic (exact) mass is 428 g/mol. The molecule has 0 atom stereocenters. The molecule has 0 heterocycles. The smallest absolute Gasteiger partial charge is 0.261 e. The first-order chi connectivity index (χ1) is 13.0. The molecule has 0 bridgehead atoms. The Hall–Kier alpha value is -2.46. The fourth-order valence-corrected chi connectivity index (χ4v) is 4.10. The summed E-state index contributed by atoms with van der Waals surface area (Å²) in [5.74, 6) is -1.11. The van der Waals surface area contributed by atoms with E-state index in [1.165, 1.54) is 44.2 Å². The van der Waals surface area contributed by atoms with Gasteiger partial charge in [-0.25, -0.2) is 21.2 Å². The van der Waals surface area contributed by atoms with Crippen LogP contribution in [-0.2, 0) is 19.9 Å². The Bertz CT molecular complexity index is 1070. The van der Waals surface area contributed by atoms with Crippen LogP contribution >= 0.6 is 0 Å². The Morgan fingerprint density at radius 1 is 1.04 bits per heavy atom. The number of anilines is 1. The lowest BCUT2D eigenvalue weighted by Crippen LogP contribution is -2.29. The molecule has 2 aromatic carbocycles. The number of carbonyl (C=O) groups is 1. The summed E-state index contributed by atoms with van der Waals surface area (Å²) >= 11 is 0. The second-order valence-corrected chi connectivity index (χ2v) is 10.2. The van der Waals surface area contributed by atoms with E-state index in [0.717, 1.165) is 12.1 Å². The quantitative estimate of drug-likeness (QED) is 0.669. The highest BCUT2D eigenvalue weighted by molar-refractivity contribution is 7.92. The van der Waals surface area contributed by atoms with Crippen molar-refractivity contribution in [2.75, 3.05) is 22.8 Å². The summed E-state index contributed by atoms with van der Waals surface area (Å²) in [6.45, 7) is 2.99. The molecule has 2 N–H and O–H groups in total. The minimum absolute atomic E-state index is 0.00525. The molecule has 0 radical (unpaired) electrons. The maximum absolute atomic E-state index is 13.3. The van der Waals surface area contributed by atoms with E-state index < -0.39 is 31.6 Å². The SMILES string of the molecule is CCS(=O)(=O)CCNC(=O)c1ccc(NS(=O)(=O)c2ccc(F)c(C)c2)cc1. The molecule has 0 saturated carbocycles. The van der Waals surface area contributed by atoms with Crippen LogP contribution in [0.25, 0.3) is 0 Å². The van der Waals surface area contributed by atoms with Crippen molar-refractivity contribution in [3.63, 3.8) is 0 Å². The lowest BCUT2D eigenvalue weighted by molar-refractivity contribution is 0.0956. The summed E-state index contributed by atoms with van der Waals surface area (Å²) in [5, 5.41) is 2.50. The van der Waals surface area contributed by atoms with Crippen LogP contribution in [0.5, 0.6) is 0 Å². The molecule has 0 aliphatic rings. The zero-order chi connectivity index (χ0) is 20.9. The standard InChI is InChI=1S/C18H21FN2O5S2/c1-3-27(23,24)11-10-20-18(22)14-4-6-15(7-5-14)21-28(25,26)16-8-9-17(19)13(2)12-16/h4-9,12,21H,3,10-11H2,1-2H3,(H,20,22). The Morgan fingerprint density at radius 3 is 2.25 bits per heavy atom. The zero-order valence-electron chi connectivity index (χ0n) is 15.4. The van der Waals surface area contributed by atoms with Gasteiger partial charge in [-0.1, -0.05) is 6.92 Å². The highest BCUT2D eigenvalue weighted by Gasteiger charge is 2.16. The summed E-state index contributed by atoms with van der Waals surface area (Å²) in [6, 6.07) is 9.11. The maximum Gasteiger partial charge on any atom is 0.261 e. The predicted octanol–water partition coefficient (Wildman–Crippen LogP) is 2.10. The van der Waals surface area contributed by atoms with E-state index >= 15 is 0 Å². The lowest BCUT2D eigenvalue weighted by atomic mass is 10.2. The largest absolute Gasteiger partial charge is 0.351 e. The van der Waals surface area contributed by atoms with Gasteiger partial charge in [0, 0.05) is 23.5 Å². The van der Waals surface area contributed by atoms with Gasteiger partial charge in [-0.2, -0.15) is 0 Å². The first-order valence-electron chi connectivity index (χ1n) is 8.42. The molecular weight excluding hydrogens is 407 g/mol. The molecule has 10 heteroatoms. The molecule has 28 heavy (non-hydrogen) atoms. The molecule has 0 unspecified atom stereocenters. The van der Waals surface area contributed by atoms with Crippen LogP contribution in [-0.4, -0.2) is 40.8 Å². The Kier molecular flexibility index (Phi) is 6.78. The molecule has 2 aromatic rings. The molecule has 0 aromatic heterocycles. The van der Waals surface area contributed by atoms with Gasteiger partial charge < -0.3 is 5.32 Å². The van der Waals surface area contributed by atoms with Crippen LogP contribution in [0.15, 0.2) is 47.4 Å². The van der Waals surface area contributed by atoms with Gasteiger partial charge in [0.1, 0.15) is 5.82 Å². The van der Waals surface area contributed by atoms with Gasteiger partial charge in [0.15, 0.2) is 9.84 Å². The maximum atomic E-state index is 13.3. The van der Waals surface area contributed by atoms with E-state index in [4.69, 9.17) is 0 Å². The fourth-order valence-electron chi connectivity index (χ4n) is 2.25. The van der Waals surface area contributed by atoms with Gasteiger partial charge in [0.25, 0.3) is 15.9 Å². The molecule has 0 fully saturated rings. The van der Waals surface area contributed by atoms with Crippen LogP contribution < -0.4 is 10.0 Å². The number of halogens is 1. The molecule has 0 saturated heterocycles. The number of aryl methyl sites for hydroxylation is 1. The van der Waals surface area contributed by atoms with E-state index in [9.17, 15) is 26.0 Å². The third-order valence-corrected chi connectivity index (χ3v) is 7.06. The van der Waals surface area contributed by atoms with Crippen molar-refractivity contribution in [2.24, 2.45) is 0 Å². The fraction of sp³-hybridized carbons (Fsp3) is 0.278. The minimum Gasteiger partial charge on any atom is -0.351 e. The van der Waals surface area contributed by atoms with Crippen LogP contribution in [0.1, 0.15) is 22.8 Å². The number of sulfonamides is 1. The number of benzene rings is 2. The molecule has 0 aliphatic carbocycles. The topological polar surface area (TPSA) is 109 Å². The number of amides is 1. The van der Waals surface area contributed by atoms with E-state index in [0.29, 0.717) is 0 Å². The van der Waals surface area contributed by atoms with Crippen molar-refractivity contribution in [1.29, 1.82) is 0 Å². The van der Waals surface area contributed by atoms with Gasteiger partial charge >= 0.3 is 0 Å². The summed E-state index contributed by atoms with van der Waals surface area (Å²) < 4.78 is 63.3. The summed E-state index contributed by atoms with van der Waals surface area (Å²) in [4.78, 5) is 11.9. The van der Waals surface area contributed by atoms with E-state index in [1.807, 2.05) is 0 Å². The highest BCUT2D eigenvalue weighted by atomic mass is 32.2. The second-order valence-electron chi connectivity index (χ2n) is 6.09. The Balaban J connectivity index is 2.03. The minimum atomic E-state index is -3.90.